The van der Waals surface area contributed by atoms with Crippen LogP contribution in [0.5, 0.6) is 0 Å². The Morgan fingerprint density at radius 1 is 1.80 bits per heavy atom. The van der Waals surface area contributed by atoms with Crippen molar-refractivity contribution in [3.05, 3.63) is 0 Å². The first-order valence-corrected chi connectivity index (χ1v) is 0.591. The van der Waals surface area contributed by atoms with Crippen molar-refractivity contribution in [2.24, 2.45) is 0 Å². The maximum atomic E-state index is 8.58. The molecule has 0 aliphatic rings. The van der Waals surface area contributed by atoms with E-state index in [2.05, 4.69) is 4.89 Å². The van der Waals surface area contributed by atoms with Crippen LogP contribution in [0, 0.1) is 0 Å². The van der Waals surface area contributed by atoms with E-state index in [1.54, 1.807) is 0 Å². The Labute approximate surface area is 44.4 Å². The van der Waals surface area contributed by atoms with Crippen LogP contribution in [0.3, 0.4) is 0 Å². The van der Waals surface area contributed by atoms with Crippen LogP contribution in [0.2, 0.25) is 0 Å². The van der Waals surface area contributed by atoms with Crippen molar-refractivity contribution in [3.8, 4) is 0 Å². The molecule has 0 spiro atoms. The fourth-order valence-corrected chi connectivity index (χ4v) is 0. The minimum atomic E-state index is 0. The smallest absolute Gasteiger partial charge is 0.509 e. The molecule has 0 rings (SSSR count). The van der Waals surface area contributed by atoms with Crippen molar-refractivity contribution < 1.29 is 37.3 Å². The van der Waals surface area contributed by atoms with Gasteiger partial charge in [-0.1, -0.05) is 0 Å². The maximum Gasteiger partial charge on any atom is 1.00 e. The van der Waals surface area contributed by atoms with Gasteiger partial charge in [-0.2, -0.15) is 0 Å². The van der Waals surface area contributed by atoms with Gasteiger partial charge >= 0.3 is 22.4 Å². The minimum absolute atomic E-state index is 0. The van der Waals surface area contributed by atoms with E-state index in [4.69, 9.17) is 10.1 Å². The van der Waals surface area contributed by atoms with Crippen molar-refractivity contribution in [3.63, 3.8) is 0 Å². The molecule has 3 nitrogen and oxygen atoms in total. The van der Waals surface area contributed by atoms with Crippen LogP contribution >= 0.6 is 0 Å². The van der Waals surface area contributed by atoms with Crippen LogP contribution in [-0.4, -0.2) is 11.7 Å². The first-order valence-electron chi connectivity index (χ1n) is 0.591. The quantitative estimate of drug-likeness (QED) is 0.250. The summed E-state index contributed by atoms with van der Waals surface area (Å²) in [4.78, 5) is 11.3. The largest absolute Gasteiger partial charge is 1.00 e. The molecule has 0 radical (unpaired) electrons. The average molecular weight is 169 g/mol. The standard InChI is InChI=1S/CHO3.Ag/c2-1-4-3;/h3H;/q-1;+1. The van der Waals surface area contributed by atoms with Gasteiger partial charge in [0.25, 0.3) is 0 Å². The van der Waals surface area contributed by atoms with E-state index in [0.717, 1.165) is 6.47 Å². The van der Waals surface area contributed by atoms with E-state index in [9.17, 15) is 0 Å². The molecule has 0 fully saturated rings. The Morgan fingerprint density at radius 2 is 2.00 bits per heavy atom. The Balaban J connectivity index is 0. The van der Waals surface area contributed by atoms with Gasteiger partial charge in [-0.05, 0) is 6.47 Å². The molecule has 0 atom stereocenters. The fraction of sp³-hybridized carbons (Fsp3) is 0. The zero-order chi connectivity index (χ0) is 3.41. The third-order valence-electron chi connectivity index (χ3n) is 0.0373. The van der Waals surface area contributed by atoms with Gasteiger partial charge in [-0.3, -0.25) is 0 Å². The number of hydrogen-bond acceptors (Lipinski definition) is 3. The van der Waals surface area contributed by atoms with Crippen LogP contribution < -0.4 is 0 Å². The first-order chi connectivity index (χ1) is 1.91. The van der Waals surface area contributed by atoms with Crippen molar-refractivity contribution in [1.29, 1.82) is 0 Å². The summed E-state index contributed by atoms with van der Waals surface area (Å²) in [5.74, 6) is 0. The molecule has 4 heteroatoms. The second-order valence-electron chi connectivity index (χ2n) is 0.175. The third-order valence-corrected chi connectivity index (χ3v) is 0.0373. The molecule has 0 heterocycles. The minimum Gasteiger partial charge on any atom is -0.509 e. The molecule has 0 unspecified atom stereocenters. The van der Waals surface area contributed by atoms with E-state index in [0.29, 0.717) is 0 Å². The summed E-state index contributed by atoms with van der Waals surface area (Å²) in [6.45, 7) is 0.736. The van der Waals surface area contributed by atoms with Gasteiger partial charge in [0.1, 0.15) is 0 Å². The van der Waals surface area contributed by atoms with E-state index >= 15 is 0 Å². The third kappa shape index (κ3) is 14.3. The number of carbonyl (C=O) groups excluding carboxylic acids is 1. The summed E-state index contributed by atoms with van der Waals surface area (Å²) in [5.41, 5.74) is 0. The molecule has 0 saturated carbocycles. The summed E-state index contributed by atoms with van der Waals surface area (Å²) in [7, 11) is 0. The number of hydrogen-bond donors (Lipinski definition) is 1. The van der Waals surface area contributed by atoms with Gasteiger partial charge in [-0.25, -0.2) is 5.26 Å². The van der Waals surface area contributed by atoms with Gasteiger partial charge in [0, 0.05) is 0 Å². The monoisotopic (exact) mass is 168 g/mol. The maximum absolute atomic E-state index is 8.58. The van der Waals surface area contributed by atoms with Gasteiger partial charge in [0.15, 0.2) is 0 Å². The molecular formula is CHAgO3. The summed E-state index contributed by atoms with van der Waals surface area (Å²) >= 11 is 0. The van der Waals surface area contributed by atoms with Crippen molar-refractivity contribution in [1.82, 2.24) is 0 Å². The van der Waals surface area contributed by atoms with Gasteiger partial charge in [0.2, 0.25) is 0 Å². The van der Waals surface area contributed by atoms with Gasteiger partial charge in [-0.15, -0.1) is 0 Å². The molecular weight excluding hydrogens is 168 g/mol. The van der Waals surface area contributed by atoms with Gasteiger partial charge in [0.05, 0.1) is 0 Å². The van der Waals surface area contributed by atoms with E-state index < -0.39 is 0 Å². The predicted octanol–water partition coefficient (Wildman–Crippen LogP) is -0.459. The van der Waals surface area contributed by atoms with Crippen LogP contribution in [0.15, 0.2) is 0 Å². The van der Waals surface area contributed by atoms with Crippen molar-refractivity contribution >= 4 is 6.47 Å². The fourth-order valence-electron chi connectivity index (χ4n) is 0. The molecule has 0 aromatic heterocycles. The SMILES string of the molecule is O=[C-]OO.[Ag+]. The molecule has 0 aromatic rings. The predicted molar refractivity (Wildman–Crippen MR) is 9.41 cm³/mol. The summed E-state index contributed by atoms with van der Waals surface area (Å²) in [6, 6.07) is 0. The number of rotatable bonds is 1. The molecule has 0 saturated heterocycles. The molecule has 1 N–H and O–H groups in total. The second kappa shape index (κ2) is 8.90. The molecule has 0 aliphatic carbocycles. The first kappa shape index (κ1) is 8.95. The Morgan fingerprint density at radius 3 is 2.00 bits per heavy atom. The van der Waals surface area contributed by atoms with E-state index in [-0.39, 0.29) is 22.4 Å². The molecule has 5 heavy (non-hydrogen) atoms. The Hall–Kier alpha value is 0.170. The van der Waals surface area contributed by atoms with Crippen LogP contribution in [0.1, 0.15) is 0 Å². The normalized spacial score (nSPS) is 4.20. The molecule has 0 aromatic carbocycles. The second-order valence-corrected chi connectivity index (χ2v) is 0.175. The summed E-state index contributed by atoms with van der Waals surface area (Å²) < 4.78 is 0. The van der Waals surface area contributed by atoms with Crippen molar-refractivity contribution in [2.75, 3.05) is 0 Å². The Bertz CT molecular complexity index is 20.9. The zero-order valence-electron chi connectivity index (χ0n) is 2.07. The van der Waals surface area contributed by atoms with E-state index in [1.807, 2.05) is 0 Å². The topological polar surface area (TPSA) is 46.5 Å². The van der Waals surface area contributed by atoms with Crippen molar-refractivity contribution in [2.45, 2.75) is 0 Å². The van der Waals surface area contributed by atoms with Gasteiger partial charge < -0.3 is 9.68 Å². The van der Waals surface area contributed by atoms with E-state index in [1.165, 1.54) is 0 Å². The summed E-state index contributed by atoms with van der Waals surface area (Å²) in [6.07, 6.45) is 0. The van der Waals surface area contributed by atoms with Crippen LogP contribution in [0.25, 0.3) is 0 Å². The molecule has 0 amide bonds. The average Bonchev–Trinajstić information content (AvgIpc) is 1.37. The van der Waals surface area contributed by atoms with Crippen LogP contribution in [0.4, 0.5) is 0 Å². The summed E-state index contributed by atoms with van der Waals surface area (Å²) in [5, 5.41) is 6.95. The van der Waals surface area contributed by atoms with Crippen LogP contribution in [-0.2, 0) is 32.1 Å². The molecule has 0 aliphatic heterocycles. The molecule has 34 valence electrons. The Kier molecular flexibility index (Phi) is 15.9. The zero-order valence-corrected chi connectivity index (χ0v) is 3.55. The molecule has 0 bridgehead atoms.